The Bertz CT molecular complexity index is 1360. The number of aromatic nitrogens is 1. The summed E-state index contributed by atoms with van der Waals surface area (Å²) >= 11 is 5.70. The van der Waals surface area contributed by atoms with Gasteiger partial charge in [0.25, 0.3) is 5.91 Å². The molecular formula is C25H24ClF4N5O3. The maximum atomic E-state index is 14.5. The molecule has 1 saturated carbocycles. The number of likely N-dealkylation sites (tertiary alicyclic amines) is 1. The number of benzene rings is 1. The van der Waals surface area contributed by atoms with E-state index in [1.54, 1.807) is 0 Å². The molecule has 3 heterocycles. The lowest BCUT2D eigenvalue weighted by Crippen LogP contribution is -2.52. The van der Waals surface area contributed by atoms with Gasteiger partial charge >= 0.3 is 0 Å². The van der Waals surface area contributed by atoms with Gasteiger partial charge in [-0.1, -0.05) is 11.6 Å². The monoisotopic (exact) mass is 553 g/mol. The van der Waals surface area contributed by atoms with Gasteiger partial charge in [-0.2, -0.15) is 5.26 Å². The van der Waals surface area contributed by atoms with Crippen molar-refractivity contribution < 1.29 is 31.9 Å². The van der Waals surface area contributed by atoms with Gasteiger partial charge in [0.05, 0.1) is 16.6 Å². The second-order valence-electron chi connectivity index (χ2n) is 10.3. The molecule has 2 aromatic rings. The van der Waals surface area contributed by atoms with Crippen molar-refractivity contribution in [2.24, 2.45) is 17.8 Å². The summed E-state index contributed by atoms with van der Waals surface area (Å²) in [5.74, 6) is -8.69. The fourth-order valence-electron chi connectivity index (χ4n) is 6.05. The summed E-state index contributed by atoms with van der Waals surface area (Å²) in [6.45, 7) is 0.365. The van der Waals surface area contributed by atoms with Crippen molar-refractivity contribution in [3.8, 4) is 6.07 Å². The minimum absolute atomic E-state index is 0.0420. The second-order valence-corrected chi connectivity index (χ2v) is 10.7. The maximum Gasteiger partial charge on any atom is 0.271 e. The highest BCUT2D eigenvalue weighted by atomic mass is 35.5. The van der Waals surface area contributed by atoms with Gasteiger partial charge in [-0.25, -0.2) is 17.6 Å². The molecule has 3 N–H and O–H groups in total. The second kappa shape index (κ2) is 9.76. The van der Waals surface area contributed by atoms with Crippen LogP contribution in [0.4, 0.5) is 17.6 Å². The zero-order valence-corrected chi connectivity index (χ0v) is 20.8. The van der Waals surface area contributed by atoms with Gasteiger partial charge in [-0.3, -0.25) is 14.4 Å². The Morgan fingerprint density at radius 1 is 1.29 bits per heavy atom. The summed E-state index contributed by atoms with van der Waals surface area (Å²) in [6, 6.07) is 1.40. The molecule has 2 saturated heterocycles. The van der Waals surface area contributed by atoms with Crippen molar-refractivity contribution in [3.05, 3.63) is 34.5 Å². The first-order valence-electron chi connectivity index (χ1n) is 12.3. The quantitative estimate of drug-likeness (QED) is 0.388. The van der Waals surface area contributed by atoms with E-state index in [2.05, 4.69) is 15.6 Å². The number of alkyl halides is 2. The maximum absolute atomic E-state index is 14.5. The van der Waals surface area contributed by atoms with Gasteiger partial charge in [0.15, 0.2) is 5.82 Å². The minimum Gasteiger partial charge on any atom is -0.356 e. The first-order valence-corrected chi connectivity index (χ1v) is 12.7. The summed E-state index contributed by atoms with van der Waals surface area (Å²) in [6.07, 6.45) is 0.180. The van der Waals surface area contributed by atoms with E-state index in [9.17, 15) is 37.2 Å². The molecule has 1 aromatic carbocycles. The normalized spacial score (nSPS) is 27.1. The number of fused-ring (bicyclic) bond motifs is 2. The summed E-state index contributed by atoms with van der Waals surface area (Å²) in [5.41, 5.74) is -0.569. The third-order valence-corrected chi connectivity index (χ3v) is 8.06. The van der Waals surface area contributed by atoms with E-state index < -0.39 is 77.1 Å². The Morgan fingerprint density at radius 2 is 2.05 bits per heavy atom. The SMILES string of the molecule is N#C[C@H](C[C@H]1CCCNC1=O)NC(=O)[C@@H]1[C@@H]2CC(F)(F)C[C@@H]2CN1C(=O)c1cc2c(F)cc(Cl)c(F)c2[nH]1. The van der Waals surface area contributed by atoms with Crippen LogP contribution in [0, 0.1) is 40.7 Å². The molecule has 5 atom stereocenters. The Morgan fingerprint density at radius 3 is 2.76 bits per heavy atom. The lowest BCUT2D eigenvalue weighted by molar-refractivity contribution is -0.129. The number of H-pyrrole nitrogens is 1. The van der Waals surface area contributed by atoms with Gasteiger partial charge in [0.2, 0.25) is 17.7 Å². The molecule has 3 fully saturated rings. The molecule has 1 aliphatic carbocycles. The molecular weight excluding hydrogens is 530 g/mol. The highest BCUT2D eigenvalue weighted by Gasteiger charge is 2.58. The number of rotatable bonds is 5. The van der Waals surface area contributed by atoms with Crippen molar-refractivity contribution in [2.75, 3.05) is 13.1 Å². The zero-order chi connectivity index (χ0) is 27.4. The van der Waals surface area contributed by atoms with E-state index in [4.69, 9.17) is 11.6 Å². The van der Waals surface area contributed by atoms with Crippen LogP contribution in [0.5, 0.6) is 0 Å². The van der Waals surface area contributed by atoms with Crippen LogP contribution in [-0.4, -0.2) is 58.7 Å². The number of halogens is 5. The average Bonchev–Trinajstić information content (AvgIpc) is 3.53. The molecule has 8 nitrogen and oxygen atoms in total. The molecule has 1 aromatic heterocycles. The third-order valence-electron chi connectivity index (χ3n) is 7.78. The van der Waals surface area contributed by atoms with Gasteiger partial charge < -0.3 is 20.5 Å². The zero-order valence-electron chi connectivity index (χ0n) is 20.0. The number of nitriles is 1. The van der Waals surface area contributed by atoms with E-state index >= 15 is 0 Å². The van der Waals surface area contributed by atoms with Crippen molar-refractivity contribution in [2.45, 2.75) is 50.1 Å². The fourth-order valence-corrected chi connectivity index (χ4v) is 6.24. The number of nitrogens with zero attached hydrogens (tertiary/aromatic N) is 2. The average molecular weight is 554 g/mol. The molecule has 0 unspecified atom stereocenters. The van der Waals surface area contributed by atoms with Crippen molar-refractivity contribution in [1.29, 1.82) is 5.26 Å². The molecule has 13 heteroatoms. The van der Waals surface area contributed by atoms with E-state index in [0.29, 0.717) is 13.0 Å². The van der Waals surface area contributed by atoms with E-state index in [-0.39, 0.29) is 35.5 Å². The van der Waals surface area contributed by atoms with Crippen molar-refractivity contribution >= 4 is 40.2 Å². The largest absolute Gasteiger partial charge is 0.356 e. The first kappa shape index (κ1) is 26.3. The van der Waals surface area contributed by atoms with Crippen molar-refractivity contribution in [1.82, 2.24) is 20.5 Å². The first-order chi connectivity index (χ1) is 18.0. The number of carbonyl (C=O) groups excluding carboxylic acids is 3. The van der Waals surface area contributed by atoms with Crippen LogP contribution in [0.3, 0.4) is 0 Å². The standard InChI is InChI=1S/C25H24ClF4N5O3/c26-16-6-17(27)14-5-18(34-20(14)19(16)28)24(38)35-10-12-7-25(29,30)8-15(12)21(35)23(37)33-13(9-31)4-11-2-1-3-32-22(11)36/h5-6,11-13,15,21,34H,1-4,7-8,10H2,(H,32,36)(H,33,37)/t11-,12-,13+,15-,21+/m1/s1. The van der Waals surface area contributed by atoms with Gasteiger partial charge in [-0.15, -0.1) is 0 Å². The number of hydrogen-bond donors (Lipinski definition) is 3. The van der Waals surface area contributed by atoms with Crippen LogP contribution < -0.4 is 10.6 Å². The van der Waals surface area contributed by atoms with E-state index in [1.165, 1.54) is 0 Å². The molecule has 0 spiro atoms. The topological polar surface area (TPSA) is 118 Å². The lowest BCUT2D eigenvalue weighted by atomic mass is 9.90. The van der Waals surface area contributed by atoms with Crippen molar-refractivity contribution in [3.63, 3.8) is 0 Å². The lowest BCUT2D eigenvalue weighted by Gasteiger charge is -2.29. The van der Waals surface area contributed by atoms with E-state index in [0.717, 1.165) is 23.5 Å². The molecule has 202 valence electrons. The summed E-state index contributed by atoms with van der Waals surface area (Å²) < 4.78 is 57.3. The molecule has 5 rings (SSSR count). The third kappa shape index (κ3) is 4.68. The Kier molecular flexibility index (Phi) is 6.75. The van der Waals surface area contributed by atoms with Crippen LogP contribution in [0.15, 0.2) is 12.1 Å². The van der Waals surface area contributed by atoms with Crippen LogP contribution in [0.2, 0.25) is 5.02 Å². The van der Waals surface area contributed by atoms with Crippen LogP contribution >= 0.6 is 11.6 Å². The molecule has 0 radical (unpaired) electrons. The number of hydrogen-bond acceptors (Lipinski definition) is 4. The molecule has 3 amide bonds. The Balaban J connectivity index is 1.41. The number of carbonyl (C=O) groups is 3. The highest BCUT2D eigenvalue weighted by molar-refractivity contribution is 6.31. The van der Waals surface area contributed by atoms with Gasteiger partial charge in [0.1, 0.15) is 23.6 Å². The number of piperidine rings is 1. The highest BCUT2D eigenvalue weighted by Crippen LogP contribution is 2.50. The van der Waals surface area contributed by atoms with Crippen LogP contribution in [0.1, 0.15) is 42.6 Å². The summed E-state index contributed by atoms with van der Waals surface area (Å²) in [7, 11) is 0. The summed E-state index contributed by atoms with van der Waals surface area (Å²) in [4.78, 5) is 42.6. The number of amides is 3. The number of nitrogens with one attached hydrogen (secondary N) is 3. The molecule has 3 aliphatic rings. The van der Waals surface area contributed by atoms with Gasteiger partial charge in [0, 0.05) is 37.2 Å². The fraction of sp³-hybridized carbons (Fsp3) is 0.520. The number of aromatic amines is 1. The summed E-state index contributed by atoms with van der Waals surface area (Å²) in [5, 5.41) is 14.2. The van der Waals surface area contributed by atoms with E-state index in [1.807, 2.05) is 6.07 Å². The Labute approximate surface area is 219 Å². The van der Waals surface area contributed by atoms with Gasteiger partial charge in [-0.05, 0) is 43.2 Å². The smallest absolute Gasteiger partial charge is 0.271 e. The Hall–Kier alpha value is -3.33. The minimum atomic E-state index is -3.01. The predicted octanol–water partition coefficient (Wildman–Crippen LogP) is 3.51. The molecule has 0 bridgehead atoms. The molecule has 38 heavy (non-hydrogen) atoms. The molecule has 2 aliphatic heterocycles. The predicted molar refractivity (Wildman–Crippen MR) is 127 cm³/mol. The van der Waals surface area contributed by atoms with Crippen LogP contribution in [-0.2, 0) is 9.59 Å². The van der Waals surface area contributed by atoms with Crippen LogP contribution in [0.25, 0.3) is 10.9 Å².